The second-order valence-corrected chi connectivity index (χ2v) is 9.09. The molecule has 3 atom stereocenters. The number of rotatable bonds is 8. The third-order valence-electron chi connectivity index (χ3n) is 6.43. The smallest absolute Gasteiger partial charge is 0.226 e. The van der Waals surface area contributed by atoms with Gasteiger partial charge in [-0.15, -0.1) is 0 Å². The van der Waals surface area contributed by atoms with E-state index in [-0.39, 0.29) is 24.1 Å². The largest absolute Gasteiger partial charge is 0.376 e. The number of thiocarbonyl (C=S) groups is 1. The predicted molar refractivity (Wildman–Crippen MR) is 135 cm³/mol. The van der Waals surface area contributed by atoms with Crippen molar-refractivity contribution >= 4 is 28.9 Å². The minimum atomic E-state index is -0.107. The molecule has 7 nitrogen and oxygen atoms in total. The number of nitrogens with zero attached hydrogens (tertiary/aromatic N) is 3. The molecule has 2 N–H and O–H groups in total. The zero-order chi connectivity index (χ0) is 23.3. The van der Waals surface area contributed by atoms with Crippen LogP contribution >= 0.6 is 12.2 Å². The summed E-state index contributed by atoms with van der Waals surface area (Å²) in [6, 6.07) is 19.5. The van der Waals surface area contributed by atoms with Crippen molar-refractivity contribution in [2.24, 2.45) is 0 Å². The van der Waals surface area contributed by atoms with Crippen molar-refractivity contribution in [2.45, 2.75) is 44.0 Å². The summed E-state index contributed by atoms with van der Waals surface area (Å²) in [5.74, 6) is -0.0382. The number of benzene rings is 1. The molecule has 0 aliphatic carbocycles. The highest BCUT2D eigenvalue weighted by Gasteiger charge is 2.41. The molecule has 176 valence electrons. The molecule has 2 aromatic heterocycles. The van der Waals surface area contributed by atoms with Crippen LogP contribution in [0.25, 0.3) is 0 Å². The molecule has 34 heavy (non-hydrogen) atoms. The van der Waals surface area contributed by atoms with E-state index in [1.54, 1.807) is 6.20 Å². The molecule has 2 aliphatic heterocycles. The van der Waals surface area contributed by atoms with Gasteiger partial charge in [-0.1, -0.05) is 24.3 Å². The number of nitrogens with one attached hydrogen (secondary N) is 2. The van der Waals surface area contributed by atoms with Crippen molar-refractivity contribution in [3.8, 4) is 0 Å². The Morgan fingerprint density at radius 1 is 1.15 bits per heavy atom. The number of amides is 1. The fraction of sp³-hybridized carbons (Fsp3) is 0.346. The standard InChI is InChI=1S/C26H29N5O2S/c32-23(28-19-8-2-1-3-9-19)13-16-31-25(24(29-26(31)34)21-11-4-5-14-27-21)22-12-6-15-30(22)18-20-10-7-17-33-20/h1-6,8-9,11-12,14-15,20,24-25H,7,10,13,16-18H2,(H,28,32)(H,29,34)/t20-,24+,25+/m0/s1. The Labute approximate surface area is 205 Å². The SMILES string of the molecule is O=C(CCN1C(=S)N[C@H](c2ccccn2)[C@H]1c1cccn1C[C@@H]1CCCO1)Nc1ccccc1. The lowest BCUT2D eigenvalue weighted by molar-refractivity contribution is -0.116. The highest BCUT2D eigenvalue weighted by molar-refractivity contribution is 7.80. The van der Waals surface area contributed by atoms with Gasteiger partial charge in [-0.2, -0.15) is 0 Å². The summed E-state index contributed by atoms with van der Waals surface area (Å²) in [7, 11) is 0. The minimum Gasteiger partial charge on any atom is -0.376 e. The normalized spacial score (nSPS) is 22.1. The van der Waals surface area contributed by atoms with Crippen LogP contribution in [-0.2, 0) is 16.1 Å². The van der Waals surface area contributed by atoms with Gasteiger partial charge in [0.05, 0.1) is 23.9 Å². The number of para-hydroxylation sites is 1. The molecule has 2 fully saturated rings. The molecule has 8 heteroatoms. The lowest BCUT2D eigenvalue weighted by atomic mass is 10.0. The van der Waals surface area contributed by atoms with E-state index < -0.39 is 0 Å². The highest BCUT2D eigenvalue weighted by atomic mass is 32.1. The Bertz CT molecular complexity index is 1110. The van der Waals surface area contributed by atoms with Crippen LogP contribution in [0.4, 0.5) is 5.69 Å². The first-order chi connectivity index (χ1) is 16.7. The van der Waals surface area contributed by atoms with Crippen molar-refractivity contribution in [3.05, 3.63) is 84.4 Å². The molecule has 0 saturated carbocycles. The third-order valence-corrected chi connectivity index (χ3v) is 6.78. The van der Waals surface area contributed by atoms with Crippen LogP contribution in [-0.4, -0.2) is 44.7 Å². The molecule has 4 heterocycles. The summed E-state index contributed by atoms with van der Waals surface area (Å²) in [6.07, 6.45) is 6.65. The van der Waals surface area contributed by atoms with Gasteiger partial charge in [-0.05, 0) is 61.5 Å². The lowest BCUT2D eigenvalue weighted by Crippen LogP contribution is -2.33. The summed E-state index contributed by atoms with van der Waals surface area (Å²) in [4.78, 5) is 19.4. The van der Waals surface area contributed by atoms with Crippen molar-refractivity contribution in [3.63, 3.8) is 0 Å². The van der Waals surface area contributed by atoms with Crippen LogP contribution in [0.5, 0.6) is 0 Å². The van der Waals surface area contributed by atoms with Crippen molar-refractivity contribution in [1.82, 2.24) is 19.8 Å². The summed E-state index contributed by atoms with van der Waals surface area (Å²) < 4.78 is 8.16. The van der Waals surface area contributed by atoms with Crippen LogP contribution in [0.1, 0.15) is 42.7 Å². The van der Waals surface area contributed by atoms with Gasteiger partial charge in [0.1, 0.15) is 0 Å². The van der Waals surface area contributed by atoms with Gasteiger partial charge in [-0.25, -0.2) is 0 Å². The zero-order valence-electron chi connectivity index (χ0n) is 19.0. The molecule has 3 aromatic rings. The number of carbonyl (C=O) groups excluding carboxylic acids is 1. The molecular formula is C26H29N5O2S. The number of carbonyl (C=O) groups is 1. The topological polar surface area (TPSA) is 71.4 Å². The third kappa shape index (κ3) is 4.98. The number of pyridine rings is 1. The Morgan fingerprint density at radius 2 is 2.00 bits per heavy atom. The van der Waals surface area contributed by atoms with Gasteiger partial charge in [-0.3, -0.25) is 9.78 Å². The van der Waals surface area contributed by atoms with E-state index in [4.69, 9.17) is 17.0 Å². The summed E-state index contributed by atoms with van der Waals surface area (Å²) >= 11 is 5.76. The van der Waals surface area contributed by atoms with Crippen molar-refractivity contribution in [1.29, 1.82) is 0 Å². The molecular weight excluding hydrogens is 446 g/mol. The fourth-order valence-electron chi connectivity index (χ4n) is 4.80. The lowest BCUT2D eigenvalue weighted by Gasteiger charge is -2.29. The van der Waals surface area contributed by atoms with Gasteiger partial charge in [0, 0.05) is 49.9 Å². The van der Waals surface area contributed by atoms with Crippen molar-refractivity contribution < 1.29 is 9.53 Å². The van der Waals surface area contributed by atoms with E-state index in [0.717, 1.165) is 43.1 Å². The highest BCUT2D eigenvalue weighted by Crippen LogP contribution is 2.39. The minimum absolute atomic E-state index is 0.0382. The maximum Gasteiger partial charge on any atom is 0.226 e. The number of ether oxygens (including phenoxy) is 1. The molecule has 0 unspecified atom stereocenters. The van der Waals surface area contributed by atoms with Gasteiger partial charge in [0.15, 0.2) is 5.11 Å². The Hall–Kier alpha value is -3.23. The van der Waals surface area contributed by atoms with Crippen LogP contribution in [0.2, 0.25) is 0 Å². The molecule has 5 rings (SSSR count). The van der Waals surface area contributed by atoms with E-state index >= 15 is 0 Å². The molecule has 1 aromatic carbocycles. The van der Waals surface area contributed by atoms with Crippen LogP contribution in [0.15, 0.2) is 73.1 Å². The Morgan fingerprint density at radius 3 is 2.76 bits per heavy atom. The molecule has 1 amide bonds. The zero-order valence-corrected chi connectivity index (χ0v) is 19.8. The van der Waals surface area contributed by atoms with Crippen molar-refractivity contribution in [2.75, 3.05) is 18.5 Å². The maximum absolute atomic E-state index is 12.7. The number of hydrogen-bond donors (Lipinski definition) is 2. The first-order valence-electron chi connectivity index (χ1n) is 11.8. The van der Waals surface area contributed by atoms with E-state index in [1.165, 1.54) is 0 Å². The first-order valence-corrected chi connectivity index (χ1v) is 12.2. The van der Waals surface area contributed by atoms with Gasteiger partial charge < -0.3 is 24.8 Å². The number of hydrogen-bond acceptors (Lipinski definition) is 4. The van der Waals surface area contributed by atoms with E-state index in [1.807, 2.05) is 48.5 Å². The number of aromatic nitrogens is 2. The van der Waals surface area contributed by atoms with Crippen LogP contribution in [0.3, 0.4) is 0 Å². The quantitative estimate of drug-likeness (QED) is 0.479. The van der Waals surface area contributed by atoms with E-state index in [0.29, 0.717) is 18.1 Å². The maximum atomic E-state index is 12.7. The molecule has 2 aliphatic rings. The summed E-state index contributed by atoms with van der Waals surface area (Å²) in [6.45, 7) is 2.14. The summed E-state index contributed by atoms with van der Waals surface area (Å²) in [5, 5.41) is 7.08. The van der Waals surface area contributed by atoms with Gasteiger partial charge in [0.2, 0.25) is 5.91 Å². The second-order valence-electron chi connectivity index (χ2n) is 8.70. The van der Waals surface area contributed by atoms with Crippen LogP contribution < -0.4 is 10.6 Å². The molecule has 0 radical (unpaired) electrons. The number of anilines is 1. The Balaban J connectivity index is 1.38. The average molecular weight is 476 g/mol. The predicted octanol–water partition coefficient (Wildman–Crippen LogP) is 4.06. The summed E-state index contributed by atoms with van der Waals surface area (Å²) in [5.41, 5.74) is 2.86. The van der Waals surface area contributed by atoms with Gasteiger partial charge in [0.25, 0.3) is 0 Å². The molecule has 0 spiro atoms. The Kier molecular flexibility index (Phi) is 6.87. The molecule has 2 saturated heterocycles. The second kappa shape index (κ2) is 10.4. The monoisotopic (exact) mass is 475 g/mol. The van der Waals surface area contributed by atoms with Crippen LogP contribution in [0, 0.1) is 0 Å². The van der Waals surface area contributed by atoms with E-state index in [2.05, 4.69) is 43.4 Å². The van der Waals surface area contributed by atoms with Gasteiger partial charge >= 0.3 is 0 Å². The average Bonchev–Trinajstić information content (AvgIpc) is 3.60. The molecule has 0 bridgehead atoms. The van der Waals surface area contributed by atoms with E-state index in [9.17, 15) is 4.79 Å². The first kappa shape index (κ1) is 22.6. The fourth-order valence-corrected chi connectivity index (χ4v) is 5.14.